The second kappa shape index (κ2) is 5.64. The van der Waals surface area contributed by atoms with E-state index >= 15 is 0 Å². The Balaban J connectivity index is 1.82. The molecule has 1 aliphatic rings. The topological polar surface area (TPSA) is 41.1 Å². The maximum Gasteiger partial charge on any atom is 0.221 e. The molecule has 0 unspecified atom stereocenters. The van der Waals surface area contributed by atoms with Crippen LogP contribution in [0.5, 0.6) is 0 Å². The van der Waals surface area contributed by atoms with Crippen molar-refractivity contribution in [2.45, 2.75) is 32.4 Å². The summed E-state index contributed by atoms with van der Waals surface area (Å²) >= 11 is 0. The molecule has 0 aromatic heterocycles. The summed E-state index contributed by atoms with van der Waals surface area (Å²) < 4.78 is 0. The second-order valence-corrected chi connectivity index (χ2v) is 4.40. The molecular formula is C14H18N2O. The number of rotatable bonds is 4. The van der Waals surface area contributed by atoms with Gasteiger partial charge in [-0.3, -0.25) is 4.79 Å². The van der Waals surface area contributed by atoms with E-state index in [-0.39, 0.29) is 5.91 Å². The fraction of sp³-hybridized carbons (Fsp3) is 0.357. The van der Waals surface area contributed by atoms with Crippen LogP contribution in [-0.4, -0.2) is 11.9 Å². The predicted molar refractivity (Wildman–Crippen MR) is 69.7 cm³/mol. The van der Waals surface area contributed by atoms with E-state index in [1.165, 1.54) is 12.5 Å². The third-order valence-electron chi connectivity index (χ3n) is 2.88. The average Bonchev–Trinajstić information content (AvgIpc) is 2.80. The van der Waals surface area contributed by atoms with E-state index in [0.29, 0.717) is 6.04 Å². The van der Waals surface area contributed by atoms with Crippen molar-refractivity contribution in [3.05, 3.63) is 42.0 Å². The van der Waals surface area contributed by atoms with E-state index < -0.39 is 0 Å². The number of carbonyl (C=O) groups is 1. The summed E-state index contributed by atoms with van der Waals surface area (Å²) in [6.45, 7) is 2.40. The molecule has 17 heavy (non-hydrogen) atoms. The fourth-order valence-electron chi connectivity index (χ4n) is 1.96. The lowest BCUT2D eigenvalue weighted by Gasteiger charge is -2.12. The van der Waals surface area contributed by atoms with Crippen molar-refractivity contribution in [1.29, 1.82) is 0 Å². The minimum absolute atomic E-state index is 0.0343. The van der Waals surface area contributed by atoms with Crippen molar-refractivity contribution in [3.8, 4) is 0 Å². The normalized spacial score (nSPS) is 15.1. The molecule has 1 aromatic rings. The first-order valence-electron chi connectivity index (χ1n) is 5.99. The molecule has 0 heterocycles. The van der Waals surface area contributed by atoms with E-state index in [9.17, 15) is 4.79 Å². The summed E-state index contributed by atoms with van der Waals surface area (Å²) in [6.07, 6.45) is 6.70. The van der Waals surface area contributed by atoms with Crippen LogP contribution in [0.4, 0.5) is 5.69 Å². The molecular weight excluding hydrogens is 212 g/mol. The maximum atomic E-state index is 10.9. The van der Waals surface area contributed by atoms with Gasteiger partial charge in [-0.25, -0.2) is 0 Å². The maximum absolute atomic E-state index is 10.9. The highest BCUT2D eigenvalue weighted by Crippen LogP contribution is 2.12. The highest BCUT2D eigenvalue weighted by atomic mass is 16.1. The molecule has 1 aromatic carbocycles. The third kappa shape index (κ3) is 3.71. The smallest absolute Gasteiger partial charge is 0.221 e. The Hall–Kier alpha value is -1.61. The lowest BCUT2D eigenvalue weighted by Crippen LogP contribution is -2.25. The summed E-state index contributed by atoms with van der Waals surface area (Å²) in [5, 5.41) is 6.27. The number of carbonyl (C=O) groups excluding carboxylic acids is 1. The Bertz CT molecular complexity index is 401. The molecule has 0 fully saturated rings. The molecule has 0 bridgehead atoms. The highest BCUT2D eigenvalue weighted by molar-refractivity contribution is 5.88. The Kier molecular flexibility index (Phi) is 3.94. The zero-order chi connectivity index (χ0) is 12.1. The van der Waals surface area contributed by atoms with Crippen LogP contribution in [0, 0.1) is 0 Å². The van der Waals surface area contributed by atoms with Crippen LogP contribution in [-0.2, 0) is 11.3 Å². The van der Waals surface area contributed by atoms with Crippen LogP contribution in [0.15, 0.2) is 36.4 Å². The molecule has 3 nitrogen and oxygen atoms in total. The number of hydrogen-bond donors (Lipinski definition) is 2. The van der Waals surface area contributed by atoms with Gasteiger partial charge in [-0.05, 0) is 30.5 Å². The summed E-state index contributed by atoms with van der Waals surface area (Å²) in [7, 11) is 0. The van der Waals surface area contributed by atoms with Crippen LogP contribution in [0.25, 0.3) is 0 Å². The molecule has 0 aliphatic heterocycles. The predicted octanol–water partition coefficient (Wildman–Crippen LogP) is 2.45. The van der Waals surface area contributed by atoms with Crippen molar-refractivity contribution in [2.24, 2.45) is 0 Å². The van der Waals surface area contributed by atoms with Crippen molar-refractivity contribution in [2.75, 3.05) is 5.32 Å². The van der Waals surface area contributed by atoms with Crippen LogP contribution < -0.4 is 10.6 Å². The third-order valence-corrected chi connectivity index (χ3v) is 2.88. The van der Waals surface area contributed by atoms with Crippen molar-refractivity contribution in [1.82, 2.24) is 5.32 Å². The van der Waals surface area contributed by atoms with Gasteiger partial charge in [-0.1, -0.05) is 24.3 Å². The van der Waals surface area contributed by atoms with Gasteiger partial charge in [-0.2, -0.15) is 0 Å². The Morgan fingerprint density at radius 3 is 2.47 bits per heavy atom. The molecule has 0 saturated heterocycles. The molecule has 2 N–H and O–H groups in total. The molecule has 0 spiro atoms. The second-order valence-electron chi connectivity index (χ2n) is 4.40. The Morgan fingerprint density at radius 2 is 1.88 bits per heavy atom. The van der Waals surface area contributed by atoms with Gasteiger partial charge < -0.3 is 10.6 Å². The summed E-state index contributed by atoms with van der Waals surface area (Å²) in [4.78, 5) is 10.9. The van der Waals surface area contributed by atoms with Gasteiger partial charge in [0.05, 0.1) is 0 Å². The van der Waals surface area contributed by atoms with Crippen LogP contribution in [0.2, 0.25) is 0 Å². The van der Waals surface area contributed by atoms with Crippen molar-refractivity contribution >= 4 is 11.6 Å². The quantitative estimate of drug-likeness (QED) is 0.780. The first kappa shape index (κ1) is 11.9. The van der Waals surface area contributed by atoms with E-state index in [0.717, 1.165) is 25.1 Å². The first-order valence-corrected chi connectivity index (χ1v) is 5.99. The standard InChI is InChI=1S/C14H18N2O/c1-11(17)16-14-8-6-12(7-9-14)10-15-13-4-2-3-5-13/h2-3,6-9,13,15H,4-5,10H2,1H3,(H,16,17). The zero-order valence-electron chi connectivity index (χ0n) is 10.1. The Labute approximate surface area is 102 Å². The van der Waals surface area contributed by atoms with Gasteiger partial charge in [0.25, 0.3) is 0 Å². The average molecular weight is 230 g/mol. The van der Waals surface area contributed by atoms with E-state index in [1.807, 2.05) is 24.3 Å². The summed E-state index contributed by atoms with van der Waals surface area (Å²) in [5.41, 5.74) is 2.09. The summed E-state index contributed by atoms with van der Waals surface area (Å²) in [5.74, 6) is -0.0343. The van der Waals surface area contributed by atoms with Crippen LogP contribution >= 0.6 is 0 Å². The van der Waals surface area contributed by atoms with Gasteiger partial charge in [0, 0.05) is 25.2 Å². The highest BCUT2D eigenvalue weighted by Gasteiger charge is 2.08. The van der Waals surface area contributed by atoms with E-state index in [4.69, 9.17) is 0 Å². The number of nitrogens with one attached hydrogen (secondary N) is 2. The van der Waals surface area contributed by atoms with Gasteiger partial charge in [0.1, 0.15) is 0 Å². The minimum Gasteiger partial charge on any atom is -0.326 e. The molecule has 0 radical (unpaired) electrons. The first-order chi connectivity index (χ1) is 8.24. The minimum atomic E-state index is -0.0343. The lowest BCUT2D eigenvalue weighted by atomic mass is 10.1. The molecule has 3 heteroatoms. The largest absolute Gasteiger partial charge is 0.326 e. The van der Waals surface area contributed by atoms with Crippen molar-refractivity contribution < 1.29 is 4.79 Å². The Morgan fingerprint density at radius 1 is 1.24 bits per heavy atom. The molecule has 1 amide bonds. The molecule has 1 aliphatic carbocycles. The van der Waals surface area contributed by atoms with Crippen LogP contribution in [0.1, 0.15) is 25.3 Å². The molecule has 0 saturated carbocycles. The number of anilines is 1. The van der Waals surface area contributed by atoms with Gasteiger partial charge in [-0.15, -0.1) is 0 Å². The van der Waals surface area contributed by atoms with Gasteiger partial charge in [0.2, 0.25) is 5.91 Å². The molecule has 2 rings (SSSR count). The SMILES string of the molecule is CC(=O)Nc1ccc(CNC2CC=CC2)cc1. The molecule has 0 atom stereocenters. The number of amides is 1. The van der Waals surface area contributed by atoms with E-state index in [1.54, 1.807) is 0 Å². The number of hydrogen-bond acceptors (Lipinski definition) is 2. The van der Waals surface area contributed by atoms with E-state index in [2.05, 4.69) is 22.8 Å². The monoisotopic (exact) mass is 230 g/mol. The van der Waals surface area contributed by atoms with Crippen LogP contribution in [0.3, 0.4) is 0 Å². The van der Waals surface area contributed by atoms with Gasteiger partial charge in [0.15, 0.2) is 0 Å². The fourth-order valence-corrected chi connectivity index (χ4v) is 1.96. The lowest BCUT2D eigenvalue weighted by molar-refractivity contribution is -0.114. The molecule has 90 valence electrons. The van der Waals surface area contributed by atoms with Crippen molar-refractivity contribution in [3.63, 3.8) is 0 Å². The number of benzene rings is 1. The zero-order valence-corrected chi connectivity index (χ0v) is 10.1. The van der Waals surface area contributed by atoms with Gasteiger partial charge >= 0.3 is 0 Å². The summed E-state index contributed by atoms with van der Waals surface area (Å²) in [6, 6.07) is 8.54.